The van der Waals surface area contributed by atoms with Crippen LogP contribution in [-0.4, -0.2) is 19.1 Å². The van der Waals surface area contributed by atoms with E-state index in [9.17, 15) is 0 Å². The van der Waals surface area contributed by atoms with Gasteiger partial charge >= 0.3 is 0 Å². The van der Waals surface area contributed by atoms with Crippen LogP contribution in [-0.2, 0) is 0 Å². The second kappa shape index (κ2) is 19.5. The van der Waals surface area contributed by atoms with Crippen LogP contribution in [0.25, 0.3) is 249 Å². The van der Waals surface area contributed by atoms with E-state index < -0.39 is 0 Å². The largest absolute Gasteiger partial charge is 0.307 e. The number of hydrogen-bond donors (Lipinski definition) is 0. The Hall–Kier alpha value is -12.8. The fourth-order valence-corrected chi connectivity index (χ4v) is 21.5. The van der Waals surface area contributed by atoms with Crippen LogP contribution in [0.1, 0.15) is 0 Å². The quantitative estimate of drug-likeness (QED) is 0.165. The molecule has 25 rings (SSSR count). The van der Waals surface area contributed by atoms with Crippen molar-refractivity contribution >= 4 is 193 Å². The van der Waals surface area contributed by atoms with Gasteiger partial charge in [0.25, 0.3) is 0 Å². The lowest BCUT2D eigenvalue weighted by Crippen LogP contribution is -2.04. The Morgan fingerprint density at radius 1 is 0.216 bits per heavy atom. The zero-order chi connectivity index (χ0) is 65.9. The molecule has 0 bridgehead atoms. The number of fused-ring (bicyclic) bond motifs is 35. The summed E-state index contributed by atoms with van der Waals surface area (Å²) in [5.74, 6) is 0.660. The zero-order valence-electron chi connectivity index (χ0n) is 54.5. The number of benzene rings is 18. The zero-order valence-corrected chi connectivity index (χ0v) is 56.1. The van der Waals surface area contributed by atoms with Crippen LogP contribution in [0, 0.1) is 0 Å². The molecule has 2 aliphatic rings. The molecule has 466 valence electrons. The topological polar surface area (TPSA) is 35.6 Å². The maximum Gasteiger partial charge on any atom is 0.235 e. The van der Waals surface area contributed by atoms with E-state index in [1.165, 1.54) is 204 Å². The molecule has 0 fully saturated rings. The third-order valence-corrected chi connectivity index (χ3v) is 25.4. The number of rotatable bonds is 4. The minimum Gasteiger partial charge on any atom is -0.307 e. The van der Waals surface area contributed by atoms with Crippen molar-refractivity contribution in [1.82, 2.24) is 19.1 Å². The van der Waals surface area contributed by atoms with E-state index >= 15 is 0 Å². The summed E-state index contributed by atoms with van der Waals surface area (Å²) in [5, 5.41) is 28.7. The molecule has 0 saturated carbocycles. The summed E-state index contributed by atoms with van der Waals surface area (Å²) in [6, 6.07) is 114. The van der Waals surface area contributed by atoms with Gasteiger partial charge in [-0.05, 0) is 175 Å². The standard InChI is InChI=1S/C96H50N4S2/c1-2-20-51(21-3-1)89-68-30-12-15-37-80(68)97-96(98-89)100-91-72-36-19-34-64-56-23-5-9-27-60(56)77(84(64)72)50-79(91)86-67-44-41-53(47-75(67)88-70-32-14-17-39-82(70)102-95(88)93(86)100)52-40-43-61-62-45-42-54(48-74(62)58-25-7-6-24-57(58)73(61)46-52)99-90-71-35-18-33-63-55-22-4-8-26-59(55)76(83(63)71)49-78(90)85-65-28-10-11-29-66(65)87-69-31-13-16-38-81(69)101-94(87)92(85)99/h1-50H. The first-order valence-electron chi connectivity index (χ1n) is 35.1. The Labute approximate surface area is 589 Å². The molecule has 0 radical (unpaired) electrons. The van der Waals surface area contributed by atoms with E-state index in [4.69, 9.17) is 9.97 Å². The average Bonchev–Trinajstić information content (AvgIpc) is 1.52. The van der Waals surface area contributed by atoms with E-state index in [-0.39, 0.29) is 0 Å². The van der Waals surface area contributed by atoms with E-state index in [0.29, 0.717) is 5.95 Å². The molecule has 0 aliphatic heterocycles. The van der Waals surface area contributed by atoms with Gasteiger partial charge in [0.1, 0.15) is 0 Å². The Morgan fingerprint density at radius 3 is 1.25 bits per heavy atom. The lowest BCUT2D eigenvalue weighted by molar-refractivity contribution is 1.02. The van der Waals surface area contributed by atoms with E-state index in [2.05, 4.69) is 312 Å². The summed E-state index contributed by atoms with van der Waals surface area (Å²) >= 11 is 3.81. The molecule has 4 nitrogen and oxygen atoms in total. The van der Waals surface area contributed by atoms with Crippen molar-refractivity contribution in [1.29, 1.82) is 0 Å². The summed E-state index contributed by atoms with van der Waals surface area (Å²) in [6.45, 7) is 0. The first kappa shape index (κ1) is 54.1. The predicted octanol–water partition coefficient (Wildman–Crippen LogP) is 27.3. The van der Waals surface area contributed by atoms with Crippen LogP contribution < -0.4 is 0 Å². The molecule has 5 aromatic heterocycles. The van der Waals surface area contributed by atoms with Gasteiger partial charge in [-0.25, -0.2) is 9.97 Å². The van der Waals surface area contributed by atoms with Crippen molar-refractivity contribution in [2.45, 2.75) is 0 Å². The maximum absolute atomic E-state index is 5.72. The van der Waals surface area contributed by atoms with Crippen molar-refractivity contribution in [3.8, 4) is 78.5 Å². The first-order chi connectivity index (χ1) is 50.6. The van der Waals surface area contributed by atoms with Crippen LogP contribution in [0.3, 0.4) is 0 Å². The molecular formula is C96H50N4S2. The SMILES string of the molecule is c1ccc(-c2nc(-n3c4c5cccc6c5c(cc4c4c5ccc(-c7ccc8c9ccc(-n%10c%11c%12cccc%13c%12c(cc%11c%11c%12ccccc%12c%12c%14ccccc%14sc%12c%11%10)-c%10ccccc%10-%13)cc9c9ccccc9c8c7)cc5c5c7ccccc7sc5c43)-c3ccccc3-6)nc3ccccc23)cc1. The molecule has 6 heteroatoms. The third kappa shape index (κ3) is 6.86. The molecule has 0 atom stereocenters. The predicted molar refractivity (Wildman–Crippen MR) is 436 cm³/mol. The molecule has 0 spiro atoms. The first-order valence-corrected chi connectivity index (χ1v) is 36.7. The van der Waals surface area contributed by atoms with Crippen molar-refractivity contribution in [3.63, 3.8) is 0 Å². The van der Waals surface area contributed by atoms with E-state index in [1.807, 2.05) is 22.7 Å². The molecule has 23 aromatic rings. The molecule has 2 aliphatic carbocycles. The molecule has 102 heavy (non-hydrogen) atoms. The van der Waals surface area contributed by atoms with Gasteiger partial charge in [0.05, 0.1) is 42.7 Å². The fourth-order valence-electron chi connectivity index (χ4n) is 19.0. The van der Waals surface area contributed by atoms with Crippen LogP contribution in [0.4, 0.5) is 0 Å². The molecule has 5 heterocycles. The summed E-state index contributed by atoms with van der Waals surface area (Å²) in [6.07, 6.45) is 0. The van der Waals surface area contributed by atoms with Crippen molar-refractivity contribution in [3.05, 3.63) is 303 Å². The smallest absolute Gasteiger partial charge is 0.235 e. The summed E-state index contributed by atoms with van der Waals surface area (Å²) < 4.78 is 10.2. The third-order valence-electron chi connectivity index (χ3n) is 23.1. The Bertz CT molecular complexity index is 7860. The summed E-state index contributed by atoms with van der Waals surface area (Å²) in [5.41, 5.74) is 21.5. The lowest BCUT2D eigenvalue weighted by Gasteiger charge is -2.16. The van der Waals surface area contributed by atoms with Crippen LogP contribution in [0.15, 0.2) is 303 Å². The molecule has 18 aromatic carbocycles. The molecule has 0 unspecified atom stereocenters. The lowest BCUT2D eigenvalue weighted by atomic mass is 9.90. The highest BCUT2D eigenvalue weighted by Crippen LogP contribution is 2.58. The van der Waals surface area contributed by atoms with Crippen LogP contribution in [0.5, 0.6) is 0 Å². The summed E-state index contributed by atoms with van der Waals surface area (Å²) in [4.78, 5) is 11.3. The molecule has 0 saturated heterocycles. The second-order valence-electron chi connectivity index (χ2n) is 28.0. The minimum absolute atomic E-state index is 0.660. The molecular weight excluding hydrogens is 1270 g/mol. The number of aromatic nitrogens is 4. The maximum atomic E-state index is 5.72. The Kier molecular flexibility index (Phi) is 10.4. The highest BCUT2D eigenvalue weighted by atomic mass is 32.1. The highest BCUT2D eigenvalue weighted by Gasteiger charge is 2.32. The molecule has 0 amide bonds. The minimum atomic E-state index is 0.660. The van der Waals surface area contributed by atoms with Gasteiger partial charge in [-0.2, -0.15) is 0 Å². The van der Waals surface area contributed by atoms with Crippen molar-refractivity contribution in [2.75, 3.05) is 0 Å². The van der Waals surface area contributed by atoms with Gasteiger partial charge in [0.2, 0.25) is 5.95 Å². The average molecular weight is 1320 g/mol. The van der Waals surface area contributed by atoms with Crippen molar-refractivity contribution in [2.24, 2.45) is 0 Å². The van der Waals surface area contributed by atoms with E-state index in [1.54, 1.807) is 0 Å². The number of para-hydroxylation sites is 1. The van der Waals surface area contributed by atoms with Crippen LogP contribution >= 0.6 is 22.7 Å². The number of thiophene rings is 2. The monoisotopic (exact) mass is 1320 g/mol. The van der Waals surface area contributed by atoms with Gasteiger partial charge < -0.3 is 4.57 Å². The molecule has 0 N–H and O–H groups in total. The van der Waals surface area contributed by atoms with Gasteiger partial charge in [-0.15, -0.1) is 22.7 Å². The van der Waals surface area contributed by atoms with Crippen LogP contribution in [0.2, 0.25) is 0 Å². The normalized spacial score (nSPS) is 12.7. The number of nitrogens with zero attached hydrogens (tertiary/aromatic N) is 4. The van der Waals surface area contributed by atoms with Gasteiger partial charge in [0, 0.05) is 79.9 Å². The summed E-state index contributed by atoms with van der Waals surface area (Å²) in [7, 11) is 0. The fraction of sp³-hybridized carbons (Fsp3) is 0. The van der Waals surface area contributed by atoms with Gasteiger partial charge in [-0.1, -0.05) is 249 Å². The van der Waals surface area contributed by atoms with Crippen molar-refractivity contribution < 1.29 is 0 Å². The van der Waals surface area contributed by atoms with Gasteiger partial charge in [-0.3, -0.25) is 4.57 Å². The Balaban J connectivity index is 0.740. The second-order valence-corrected chi connectivity index (χ2v) is 30.1. The Morgan fingerprint density at radius 2 is 0.637 bits per heavy atom. The van der Waals surface area contributed by atoms with E-state index in [0.717, 1.165) is 38.9 Å². The van der Waals surface area contributed by atoms with Gasteiger partial charge in [0.15, 0.2) is 0 Å². The highest BCUT2D eigenvalue weighted by molar-refractivity contribution is 7.27. The number of hydrogen-bond acceptors (Lipinski definition) is 4.